The summed E-state index contributed by atoms with van der Waals surface area (Å²) in [5, 5.41) is 10.1. The highest BCUT2D eigenvalue weighted by Crippen LogP contribution is 2.78. The van der Waals surface area contributed by atoms with Crippen LogP contribution in [0, 0.1) is 10.8 Å². The molecule has 0 radical (unpaired) electrons. The lowest BCUT2D eigenvalue weighted by atomic mass is 9.93. The van der Waals surface area contributed by atoms with Gasteiger partial charge in [-0.05, 0) is 19.3 Å². The Morgan fingerprint density at radius 1 is 1.09 bits per heavy atom. The Labute approximate surface area is 69.8 Å². The molecule has 2 saturated carbocycles. The van der Waals surface area contributed by atoms with Crippen LogP contribution < -0.4 is 0 Å². The molecule has 2 atom stereocenters. The van der Waals surface area contributed by atoms with Gasteiger partial charge in [-0.1, -0.05) is 28.2 Å². The van der Waals surface area contributed by atoms with Crippen LogP contribution in [0.25, 0.3) is 0 Å². The maximum absolute atomic E-state index is 10.1. The summed E-state index contributed by atoms with van der Waals surface area (Å²) in [6.45, 7) is 6.60. The Bertz CT molecular complexity index is 167. The predicted molar refractivity (Wildman–Crippen MR) is 47.4 cm³/mol. The summed E-state index contributed by atoms with van der Waals surface area (Å²) >= 11 is 0. The summed E-state index contributed by atoms with van der Waals surface area (Å²) in [5.74, 6) is 0. The van der Waals surface area contributed by atoms with E-state index in [1.54, 1.807) is 0 Å². The minimum absolute atomic E-state index is 0. The molecule has 0 bridgehead atoms. The van der Waals surface area contributed by atoms with Crippen molar-refractivity contribution in [3.63, 3.8) is 0 Å². The first-order valence-corrected chi connectivity index (χ1v) is 4.18. The molecule has 1 nitrogen and oxygen atoms in total. The van der Waals surface area contributed by atoms with Gasteiger partial charge >= 0.3 is 0 Å². The standard InChI is InChI=1S/C9H16O.CH4/c1-7(2)8(3)5-4-6-9(7,8)10;/h10H,4-6H2,1-3H3;1H4. The topological polar surface area (TPSA) is 20.2 Å². The van der Waals surface area contributed by atoms with Crippen molar-refractivity contribution in [2.75, 3.05) is 0 Å². The van der Waals surface area contributed by atoms with Gasteiger partial charge in [0.05, 0.1) is 5.60 Å². The van der Waals surface area contributed by atoms with Crippen LogP contribution in [0.5, 0.6) is 0 Å². The number of rotatable bonds is 0. The number of hydrogen-bond donors (Lipinski definition) is 1. The van der Waals surface area contributed by atoms with Gasteiger partial charge in [-0.25, -0.2) is 0 Å². The first-order valence-electron chi connectivity index (χ1n) is 4.18. The second-order valence-electron chi connectivity index (χ2n) is 4.67. The third-order valence-corrected chi connectivity index (χ3v) is 4.48. The molecular weight excluding hydrogens is 136 g/mol. The molecule has 2 rings (SSSR count). The zero-order valence-electron chi connectivity index (χ0n) is 7.07. The highest BCUT2D eigenvalue weighted by molar-refractivity contribution is 5.30. The Kier molecular flexibility index (Phi) is 1.50. The molecule has 0 aliphatic heterocycles. The van der Waals surface area contributed by atoms with Crippen LogP contribution in [0.2, 0.25) is 0 Å². The molecular formula is C10H20O. The zero-order valence-corrected chi connectivity index (χ0v) is 7.07. The van der Waals surface area contributed by atoms with Crippen LogP contribution in [0.4, 0.5) is 0 Å². The largest absolute Gasteiger partial charge is 0.389 e. The summed E-state index contributed by atoms with van der Waals surface area (Å²) in [4.78, 5) is 0. The van der Waals surface area contributed by atoms with Crippen molar-refractivity contribution in [2.45, 2.75) is 53.1 Å². The summed E-state index contributed by atoms with van der Waals surface area (Å²) in [5.41, 5.74) is 0.137. The molecule has 0 heterocycles. The van der Waals surface area contributed by atoms with Crippen LogP contribution in [0.1, 0.15) is 47.5 Å². The highest BCUT2D eigenvalue weighted by atomic mass is 16.3. The van der Waals surface area contributed by atoms with Crippen LogP contribution in [-0.4, -0.2) is 10.7 Å². The third-order valence-electron chi connectivity index (χ3n) is 4.48. The fraction of sp³-hybridized carbons (Fsp3) is 1.00. The Morgan fingerprint density at radius 3 is 1.82 bits per heavy atom. The number of fused-ring (bicyclic) bond motifs is 1. The van der Waals surface area contributed by atoms with E-state index in [1.807, 2.05) is 0 Å². The first-order chi connectivity index (χ1) is 4.46. The van der Waals surface area contributed by atoms with Gasteiger partial charge in [-0.2, -0.15) is 0 Å². The maximum Gasteiger partial charge on any atom is 0.0764 e. The van der Waals surface area contributed by atoms with E-state index in [2.05, 4.69) is 20.8 Å². The van der Waals surface area contributed by atoms with Crippen LogP contribution in [-0.2, 0) is 0 Å². The fourth-order valence-electron chi connectivity index (χ4n) is 3.07. The summed E-state index contributed by atoms with van der Waals surface area (Å²) in [6.07, 6.45) is 3.46. The number of hydrogen-bond acceptors (Lipinski definition) is 1. The Morgan fingerprint density at radius 2 is 1.64 bits per heavy atom. The van der Waals surface area contributed by atoms with Crippen LogP contribution in [0.3, 0.4) is 0 Å². The molecule has 0 saturated heterocycles. The predicted octanol–water partition coefficient (Wildman–Crippen LogP) is 2.58. The van der Waals surface area contributed by atoms with Crippen molar-refractivity contribution in [2.24, 2.45) is 10.8 Å². The van der Waals surface area contributed by atoms with Gasteiger partial charge in [0, 0.05) is 10.8 Å². The average molecular weight is 156 g/mol. The third kappa shape index (κ3) is 0.581. The summed E-state index contributed by atoms with van der Waals surface area (Å²) in [7, 11) is 0. The van der Waals surface area contributed by atoms with E-state index >= 15 is 0 Å². The Hall–Kier alpha value is -0.0400. The molecule has 0 aromatic rings. The van der Waals surface area contributed by atoms with E-state index < -0.39 is 0 Å². The lowest BCUT2D eigenvalue weighted by molar-refractivity contribution is 0.0974. The molecule has 11 heavy (non-hydrogen) atoms. The van der Waals surface area contributed by atoms with E-state index in [1.165, 1.54) is 12.8 Å². The van der Waals surface area contributed by atoms with E-state index in [-0.39, 0.29) is 23.9 Å². The van der Waals surface area contributed by atoms with Crippen molar-refractivity contribution < 1.29 is 5.11 Å². The second kappa shape index (κ2) is 1.82. The van der Waals surface area contributed by atoms with Gasteiger partial charge in [0.15, 0.2) is 0 Å². The monoisotopic (exact) mass is 156 g/mol. The molecule has 2 aliphatic rings. The lowest BCUT2D eigenvalue weighted by Gasteiger charge is -2.12. The minimum atomic E-state index is -0.306. The molecule has 0 aromatic carbocycles. The molecule has 2 fully saturated rings. The minimum Gasteiger partial charge on any atom is -0.389 e. The second-order valence-corrected chi connectivity index (χ2v) is 4.67. The van der Waals surface area contributed by atoms with Gasteiger partial charge in [0.1, 0.15) is 0 Å². The smallest absolute Gasteiger partial charge is 0.0764 e. The van der Waals surface area contributed by atoms with Gasteiger partial charge in [-0.15, -0.1) is 0 Å². The van der Waals surface area contributed by atoms with Crippen molar-refractivity contribution in [1.29, 1.82) is 0 Å². The molecule has 1 heteroatoms. The van der Waals surface area contributed by atoms with Crippen molar-refractivity contribution in [3.8, 4) is 0 Å². The van der Waals surface area contributed by atoms with Crippen LogP contribution >= 0.6 is 0 Å². The van der Waals surface area contributed by atoms with Crippen molar-refractivity contribution in [3.05, 3.63) is 0 Å². The molecule has 0 spiro atoms. The quantitative estimate of drug-likeness (QED) is 0.571. The normalized spacial score (nSPS) is 51.3. The van der Waals surface area contributed by atoms with E-state index in [0.717, 1.165) is 6.42 Å². The summed E-state index contributed by atoms with van der Waals surface area (Å²) in [6, 6.07) is 0. The van der Waals surface area contributed by atoms with Crippen molar-refractivity contribution >= 4 is 0 Å². The molecule has 0 amide bonds. The van der Waals surface area contributed by atoms with Gasteiger partial charge < -0.3 is 5.11 Å². The van der Waals surface area contributed by atoms with E-state index in [0.29, 0.717) is 0 Å². The van der Waals surface area contributed by atoms with E-state index in [4.69, 9.17) is 0 Å². The average Bonchev–Trinajstić information content (AvgIpc) is 2.19. The summed E-state index contributed by atoms with van der Waals surface area (Å²) < 4.78 is 0. The van der Waals surface area contributed by atoms with Crippen LogP contribution in [0.15, 0.2) is 0 Å². The molecule has 0 aromatic heterocycles. The number of aliphatic hydroxyl groups is 1. The maximum atomic E-state index is 10.1. The first kappa shape index (κ1) is 9.05. The Balaban J connectivity index is 0.000000605. The van der Waals surface area contributed by atoms with Gasteiger partial charge in [0.2, 0.25) is 0 Å². The van der Waals surface area contributed by atoms with Gasteiger partial charge in [-0.3, -0.25) is 0 Å². The molecule has 66 valence electrons. The molecule has 2 unspecified atom stereocenters. The SMILES string of the molecule is C.CC1(C)C2(C)CCCC12O. The van der Waals surface area contributed by atoms with Gasteiger partial charge in [0.25, 0.3) is 0 Å². The molecule has 1 N–H and O–H groups in total. The van der Waals surface area contributed by atoms with E-state index in [9.17, 15) is 5.11 Å². The zero-order chi connectivity index (χ0) is 7.62. The fourth-order valence-corrected chi connectivity index (χ4v) is 3.07. The van der Waals surface area contributed by atoms with Crippen molar-refractivity contribution in [1.82, 2.24) is 0 Å². The lowest BCUT2D eigenvalue weighted by Crippen LogP contribution is -2.13. The molecule has 2 aliphatic carbocycles. The highest BCUT2D eigenvalue weighted by Gasteiger charge is 2.80.